The molecule has 1 amide bonds. The van der Waals surface area contributed by atoms with Crippen LogP contribution in [0.25, 0.3) is 0 Å². The van der Waals surface area contributed by atoms with Crippen LogP contribution < -0.4 is 0 Å². The summed E-state index contributed by atoms with van der Waals surface area (Å²) in [4.78, 5) is 24.1. The van der Waals surface area contributed by atoms with Gasteiger partial charge in [0.15, 0.2) is 11.6 Å². The Hall–Kier alpha value is -1.78. The molecule has 0 bridgehead atoms. The van der Waals surface area contributed by atoms with Crippen LogP contribution in [0.4, 0.5) is 8.78 Å². The first-order valence-corrected chi connectivity index (χ1v) is 5.56. The van der Waals surface area contributed by atoms with E-state index < -0.39 is 23.6 Å². The molecule has 0 unspecified atom stereocenters. The molecule has 1 rings (SSSR count). The summed E-state index contributed by atoms with van der Waals surface area (Å²) in [6, 6.07) is 2.32. The molecule has 5 heteroatoms. The number of nitrogens with zero attached hydrogens (tertiary/aromatic N) is 1. The zero-order chi connectivity index (χ0) is 13.9. The van der Waals surface area contributed by atoms with Crippen molar-refractivity contribution in [3.05, 3.63) is 35.4 Å². The highest BCUT2D eigenvalue weighted by molar-refractivity contribution is 5.95. The van der Waals surface area contributed by atoms with E-state index in [0.29, 0.717) is 6.29 Å². The highest BCUT2D eigenvalue weighted by atomic mass is 19.2. The van der Waals surface area contributed by atoms with Gasteiger partial charge in [-0.1, -0.05) is 13.8 Å². The topological polar surface area (TPSA) is 37.4 Å². The lowest BCUT2D eigenvalue weighted by Gasteiger charge is -2.26. The molecule has 98 valence electrons. The van der Waals surface area contributed by atoms with Gasteiger partial charge in [0, 0.05) is 12.6 Å². The van der Waals surface area contributed by atoms with Gasteiger partial charge in [0.05, 0.1) is 6.04 Å². The molecule has 0 spiro atoms. The Morgan fingerprint density at radius 3 is 2.33 bits per heavy atom. The van der Waals surface area contributed by atoms with Crippen LogP contribution in [0.5, 0.6) is 0 Å². The number of carbonyl (C=O) groups excluding carboxylic acids is 2. The molecular weight excluding hydrogens is 240 g/mol. The molecule has 1 atom stereocenters. The number of aldehydes is 1. The third-order valence-electron chi connectivity index (χ3n) is 2.76. The van der Waals surface area contributed by atoms with Gasteiger partial charge in [0.25, 0.3) is 5.91 Å². The van der Waals surface area contributed by atoms with Crippen LogP contribution in [0.1, 0.15) is 24.2 Å². The van der Waals surface area contributed by atoms with E-state index in [1.54, 1.807) is 13.8 Å². The molecule has 0 aliphatic heterocycles. The van der Waals surface area contributed by atoms with Crippen LogP contribution in [-0.2, 0) is 4.79 Å². The van der Waals surface area contributed by atoms with E-state index in [1.165, 1.54) is 18.0 Å². The summed E-state index contributed by atoms with van der Waals surface area (Å²) >= 11 is 0. The maximum atomic E-state index is 13.0. The number of amides is 1. The van der Waals surface area contributed by atoms with Crippen LogP contribution in [-0.4, -0.2) is 30.2 Å². The summed E-state index contributed by atoms with van der Waals surface area (Å²) in [5.41, 5.74) is 0.0175. The average molecular weight is 255 g/mol. The third kappa shape index (κ3) is 2.91. The van der Waals surface area contributed by atoms with E-state index >= 15 is 0 Å². The SMILES string of the molecule is CC(C)[C@@H](C=O)N(C)C(=O)c1ccc(F)c(F)c1. The first-order valence-electron chi connectivity index (χ1n) is 5.56. The number of carbonyl (C=O) groups is 2. The Morgan fingerprint density at radius 1 is 1.28 bits per heavy atom. The second kappa shape index (κ2) is 5.71. The first-order chi connectivity index (χ1) is 8.38. The van der Waals surface area contributed by atoms with Crippen molar-refractivity contribution < 1.29 is 18.4 Å². The number of hydrogen-bond donors (Lipinski definition) is 0. The maximum Gasteiger partial charge on any atom is 0.254 e. The van der Waals surface area contributed by atoms with Crippen molar-refractivity contribution in [2.45, 2.75) is 19.9 Å². The standard InChI is InChI=1S/C13H15F2NO2/c1-8(2)12(7-17)16(3)13(18)9-4-5-10(14)11(15)6-9/h4-8,12H,1-3H3/t12-/m1/s1. The smallest absolute Gasteiger partial charge is 0.254 e. The predicted molar refractivity (Wildman–Crippen MR) is 63.1 cm³/mol. The van der Waals surface area contributed by atoms with Gasteiger partial charge in [-0.3, -0.25) is 4.79 Å². The lowest BCUT2D eigenvalue weighted by Crippen LogP contribution is -2.41. The normalized spacial score (nSPS) is 12.3. The number of hydrogen-bond acceptors (Lipinski definition) is 2. The van der Waals surface area contributed by atoms with Crippen molar-refractivity contribution in [2.24, 2.45) is 5.92 Å². The molecule has 1 aromatic carbocycles. The maximum absolute atomic E-state index is 13.0. The highest BCUT2D eigenvalue weighted by Gasteiger charge is 2.23. The Kier molecular flexibility index (Phi) is 4.53. The molecule has 18 heavy (non-hydrogen) atoms. The van der Waals surface area contributed by atoms with Crippen molar-refractivity contribution in [1.82, 2.24) is 4.90 Å². The van der Waals surface area contributed by atoms with Crippen LogP contribution in [0.15, 0.2) is 18.2 Å². The summed E-state index contributed by atoms with van der Waals surface area (Å²) in [5.74, 6) is -2.66. The summed E-state index contributed by atoms with van der Waals surface area (Å²) < 4.78 is 25.8. The molecule has 0 fully saturated rings. The van der Waals surface area contributed by atoms with Gasteiger partial charge in [-0.05, 0) is 24.1 Å². The second-order valence-electron chi connectivity index (χ2n) is 4.42. The van der Waals surface area contributed by atoms with E-state index in [9.17, 15) is 18.4 Å². The minimum absolute atomic E-state index is 0.0175. The minimum Gasteiger partial charge on any atom is -0.332 e. The van der Waals surface area contributed by atoms with Gasteiger partial charge >= 0.3 is 0 Å². The largest absolute Gasteiger partial charge is 0.332 e. The molecule has 0 N–H and O–H groups in total. The third-order valence-corrected chi connectivity index (χ3v) is 2.76. The lowest BCUT2D eigenvalue weighted by molar-refractivity contribution is -0.112. The molecule has 0 aliphatic rings. The van der Waals surface area contributed by atoms with Crippen molar-refractivity contribution in [3.63, 3.8) is 0 Å². The zero-order valence-corrected chi connectivity index (χ0v) is 10.5. The second-order valence-corrected chi connectivity index (χ2v) is 4.42. The van der Waals surface area contributed by atoms with E-state index in [4.69, 9.17) is 0 Å². The Bertz CT molecular complexity index is 460. The monoisotopic (exact) mass is 255 g/mol. The molecule has 0 aromatic heterocycles. The fourth-order valence-corrected chi connectivity index (χ4v) is 1.66. The first kappa shape index (κ1) is 14.3. The molecule has 3 nitrogen and oxygen atoms in total. The fraction of sp³-hybridized carbons (Fsp3) is 0.385. The van der Waals surface area contributed by atoms with Gasteiger partial charge in [-0.2, -0.15) is 0 Å². The van der Waals surface area contributed by atoms with Crippen LogP contribution in [0.2, 0.25) is 0 Å². The van der Waals surface area contributed by atoms with E-state index in [2.05, 4.69) is 0 Å². The number of likely N-dealkylation sites (N-methyl/N-ethyl adjacent to an activating group) is 1. The summed E-state index contributed by atoms with van der Waals surface area (Å²) in [6.45, 7) is 3.60. The van der Waals surface area contributed by atoms with E-state index in [0.717, 1.165) is 12.1 Å². The van der Waals surface area contributed by atoms with E-state index in [-0.39, 0.29) is 11.5 Å². The van der Waals surface area contributed by atoms with Crippen molar-refractivity contribution in [1.29, 1.82) is 0 Å². The molecular formula is C13H15F2NO2. The van der Waals surface area contributed by atoms with Crippen molar-refractivity contribution in [3.8, 4) is 0 Å². The quantitative estimate of drug-likeness (QED) is 0.774. The van der Waals surface area contributed by atoms with Crippen LogP contribution in [0.3, 0.4) is 0 Å². The molecule has 0 aliphatic carbocycles. The minimum atomic E-state index is -1.08. The Labute approximate surface area is 104 Å². The van der Waals surface area contributed by atoms with Gasteiger partial charge in [-0.25, -0.2) is 8.78 Å². The van der Waals surface area contributed by atoms with Gasteiger partial charge in [0.2, 0.25) is 0 Å². The van der Waals surface area contributed by atoms with Gasteiger partial charge < -0.3 is 9.69 Å². The van der Waals surface area contributed by atoms with Crippen LogP contribution in [0, 0.1) is 17.6 Å². The van der Waals surface area contributed by atoms with Gasteiger partial charge in [0.1, 0.15) is 6.29 Å². The number of benzene rings is 1. The molecule has 0 heterocycles. The van der Waals surface area contributed by atoms with Gasteiger partial charge in [-0.15, -0.1) is 0 Å². The number of rotatable bonds is 4. The molecule has 0 saturated carbocycles. The number of halogens is 2. The summed E-state index contributed by atoms with van der Waals surface area (Å²) in [5, 5.41) is 0. The molecule has 1 aromatic rings. The van der Waals surface area contributed by atoms with Crippen LogP contribution >= 0.6 is 0 Å². The predicted octanol–water partition coefficient (Wildman–Crippen LogP) is 2.26. The molecule has 0 radical (unpaired) electrons. The highest BCUT2D eigenvalue weighted by Crippen LogP contribution is 2.14. The van der Waals surface area contributed by atoms with Crippen molar-refractivity contribution >= 4 is 12.2 Å². The molecule has 0 saturated heterocycles. The Morgan fingerprint density at radius 2 is 1.89 bits per heavy atom. The zero-order valence-electron chi connectivity index (χ0n) is 10.5. The van der Waals surface area contributed by atoms with Crippen molar-refractivity contribution in [2.75, 3.05) is 7.05 Å². The summed E-state index contributed by atoms with van der Waals surface area (Å²) in [6.07, 6.45) is 0.669. The fourth-order valence-electron chi connectivity index (χ4n) is 1.66. The summed E-state index contributed by atoms with van der Waals surface area (Å²) in [7, 11) is 1.46. The Balaban J connectivity index is 2.99. The average Bonchev–Trinajstić information content (AvgIpc) is 2.32. The lowest BCUT2D eigenvalue weighted by atomic mass is 10.0. The van der Waals surface area contributed by atoms with E-state index in [1.807, 2.05) is 0 Å².